The van der Waals surface area contributed by atoms with Crippen LogP contribution in [0.15, 0.2) is 0 Å². The average molecular weight is 298 g/mol. The van der Waals surface area contributed by atoms with Gasteiger partial charge in [-0.2, -0.15) is 0 Å². The molecule has 3 fully saturated rings. The highest BCUT2D eigenvalue weighted by molar-refractivity contribution is 5.88. The highest BCUT2D eigenvalue weighted by atomic mass is 16.5. The molecule has 0 saturated carbocycles. The van der Waals surface area contributed by atoms with E-state index < -0.39 is 18.2 Å². The number of nitrogens with one attached hydrogen (secondary N) is 1. The third kappa shape index (κ3) is 2.37. The second kappa shape index (κ2) is 5.06. The van der Waals surface area contributed by atoms with Crippen molar-refractivity contribution in [3.63, 3.8) is 0 Å². The summed E-state index contributed by atoms with van der Waals surface area (Å²) in [6, 6.07) is -1.55. The van der Waals surface area contributed by atoms with Gasteiger partial charge in [-0.1, -0.05) is 0 Å². The fourth-order valence-corrected chi connectivity index (χ4v) is 3.27. The number of hydroxylamine groups is 2. The van der Waals surface area contributed by atoms with Crippen molar-refractivity contribution in [1.82, 2.24) is 20.2 Å². The lowest BCUT2D eigenvalue weighted by atomic mass is 10.00. The zero-order valence-corrected chi connectivity index (χ0v) is 11.4. The first kappa shape index (κ1) is 13.9. The van der Waals surface area contributed by atoms with E-state index in [1.807, 2.05) is 0 Å². The molecule has 116 valence electrons. The minimum atomic E-state index is -0.988. The standard InChI is InChI=1S/C12H18N4O5/c17-10(13-7-3-4-14(5-7)12(19)20)9-2-1-8-6-15(9)11(18)16(8)21/h7-9,21H,1-6H2,(H,13,17)(H,19,20)/t7?,8-,9+/m1/s1. The lowest BCUT2D eigenvalue weighted by Gasteiger charge is -2.30. The van der Waals surface area contributed by atoms with E-state index in [-0.39, 0.29) is 24.5 Å². The highest BCUT2D eigenvalue weighted by Gasteiger charge is 2.47. The van der Waals surface area contributed by atoms with Gasteiger partial charge in [0.25, 0.3) is 0 Å². The third-order valence-electron chi connectivity index (χ3n) is 4.45. The van der Waals surface area contributed by atoms with Gasteiger partial charge in [0.2, 0.25) is 5.91 Å². The smallest absolute Gasteiger partial charge is 0.407 e. The Hall–Kier alpha value is -2.03. The van der Waals surface area contributed by atoms with Gasteiger partial charge in [0, 0.05) is 25.7 Å². The predicted molar refractivity (Wildman–Crippen MR) is 68.7 cm³/mol. The van der Waals surface area contributed by atoms with Crippen LogP contribution in [0.5, 0.6) is 0 Å². The van der Waals surface area contributed by atoms with Crippen molar-refractivity contribution in [3.8, 4) is 0 Å². The van der Waals surface area contributed by atoms with E-state index in [0.29, 0.717) is 37.4 Å². The Labute approximate surface area is 121 Å². The van der Waals surface area contributed by atoms with Crippen molar-refractivity contribution >= 4 is 18.0 Å². The Morgan fingerprint density at radius 1 is 1.19 bits per heavy atom. The minimum Gasteiger partial charge on any atom is -0.465 e. The van der Waals surface area contributed by atoms with Crippen molar-refractivity contribution in [3.05, 3.63) is 0 Å². The van der Waals surface area contributed by atoms with Crippen LogP contribution in [0, 0.1) is 0 Å². The number of carboxylic acid groups (broad SMARTS) is 1. The summed E-state index contributed by atoms with van der Waals surface area (Å²) in [6.45, 7) is 1.04. The normalized spacial score (nSPS) is 31.8. The lowest BCUT2D eigenvalue weighted by molar-refractivity contribution is -0.126. The van der Waals surface area contributed by atoms with Crippen LogP contribution < -0.4 is 5.32 Å². The monoisotopic (exact) mass is 298 g/mol. The summed E-state index contributed by atoms with van der Waals surface area (Å²) in [5.74, 6) is -0.269. The molecule has 9 nitrogen and oxygen atoms in total. The van der Waals surface area contributed by atoms with Gasteiger partial charge in [0.1, 0.15) is 6.04 Å². The van der Waals surface area contributed by atoms with Gasteiger partial charge in [0.05, 0.1) is 6.04 Å². The van der Waals surface area contributed by atoms with Gasteiger partial charge < -0.3 is 20.2 Å². The van der Waals surface area contributed by atoms with Gasteiger partial charge in [0.15, 0.2) is 0 Å². The van der Waals surface area contributed by atoms with Crippen molar-refractivity contribution in [2.75, 3.05) is 19.6 Å². The molecule has 1 unspecified atom stereocenters. The Morgan fingerprint density at radius 3 is 2.62 bits per heavy atom. The maximum absolute atomic E-state index is 12.3. The SMILES string of the molecule is O=C(NC1CCN(C(=O)O)C1)[C@@H]1CC[C@@H]2CN1C(=O)N2O. The number of fused-ring (bicyclic) bond motifs is 2. The van der Waals surface area contributed by atoms with Gasteiger partial charge >= 0.3 is 12.1 Å². The molecule has 9 heteroatoms. The molecule has 2 bridgehead atoms. The van der Waals surface area contributed by atoms with E-state index >= 15 is 0 Å². The molecule has 0 aromatic rings. The number of hydrogen-bond donors (Lipinski definition) is 3. The van der Waals surface area contributed by atoms with Crippen molar-refractivity contribution < 1.29 is 24.7 Å². The van der Waals surface area contributed by atoms with Gasteiger partial charge in [-0.05, 0) is 19.3 Å². The molecule has 0 radical (unpaired) electrons. The number of piperidine rings is 1. The Balaban J connectivity index is 1.59. The van der Waals surface area contributed by atoms with E-state index in [1.165, 1.54) is 9.80 Å². The van der Waals surface area contributed by atoms with Crippen molar-refractivity contribution in [1.29, 1.82) is 0 Å². The van der Waals surface area contributed by atoms with Crippen LogP contribution in [0.2, 0.25) is 0 Å². The van der Waals surface area contributed by atoms with Gasteiger partial charge in [-0.15, -0.1) is 0 Å². The Kier molecular flexibility index (Phi) is 3.36. The van der Waals surface area contributed by atoms with Crippen molar-refractivity contribution in [2.24, 2.45) is 0 Å². The maximum Gasteiger partial charge on any atom is 0.407 e. The average Bonchev–Trinajstić information content (AvgIpc) is 3.00. The summed E-state index contributed by atoms with van der Waals surface area (Å²) in [4.78, 5) is 37.6. The van der Waals surface area contributed by atoms with Crippen LogP contribution in [0.3, 0.4) is 0 Å². The summed E-state index contributed by atoms with van der Waals surface area (Å²) in [6.07, 6.45) is 0.683. The van der Waals surface area contributed by atoms with Crippen LogP contribution in [0.25, 0.3) is 0 Å². The van der Waals surface area contributed by atoms with E-state index in [1.54, 1.807) is 0 Å². The fraction of sp³-hybridized carbons (Fsp3) is 0.750. The number of likely N-dealkylation sites (tertiary alicyclic amines) is 1. The van der Waals surface area contributed by atoms with Crippen LogP contribution in [0.1, 0.15) is 19.3 Å². The molecule has 4 amide bonds. The highest BCUT2D eigenvalue weighted by Crippen LogP contribution is 2.28. The molecule has 0 aliphatic carbocycles. The number of hydrogen-bond acceptors (Lipinski definition) is 4. The molecular formula is C12H18N4O5. The molecule has 0 spiro atoms. The van der Waals surface area contributed by atoms with Crippen molar-refractivity contribution in [2.45, 2.75) is 37.4 Å². The summed E-state index contributed by atoms with van der Waals surface area (Å²) in [7, 11) is 0. The van der Waals surface area contributed by atoms with Crippen LogP contribution in [-0.2, 0) is 4.79 Å². The predicted octanol–water partition coefficient (Wildman–Crippen LogP) is -0.487. The zero-order valence-electron chi connectivity index (χ0n) is 11.4. The third-order valence-corrected chi connectivity index (χ3v) is 4.45. The van der Waals surface area contributed by atoms with E-state index in [4.69, 9.17) is 5.11 Å². The lowest BCUT2D eigenvalue weighted by Crippen LogP contribution is -2.52. The fourth-order valence-electron chi connectivity index (χ4n) is 3.27. The molecule has 0 aromatic heterocycles. The largest absolute Gasteiger partial charge is 0.465 e. The molecule has 3 rings (SSSR count). The van der Waals surface area contributed by atoms with Crippen LogP contribution >= 0.6 is 0 Å². The van der Waals surface area contributed by atoms with E-state index in [2.05, 4.69) is 5.32 Å². The zero-order chi connectivity index (χ0) is 15.1. The molecule has 3 heterocycles. The quantitative estimate of drug-likeness (QED) is 0.595. The number of nitrogens with zero attached hydrogens (tertiary/aromatic N) is 3. The molecule has 3 aliphatic heterocycles. The topological polar surface area (TPSA) is 113 Å². The number of carbonyl (C=O) groups is 3. The van der Waals surface area contributed by atoms with Gasteiger partial charge in [-0.3, -0.25) is 10.0 Å². The Bertz CT molecular complexity index is 484. The molecule has 0 aromatic carbocycles. The summed E-state index contributed by atoms with van der Waals surface area (Å²) in [5, 5.41) is 22.0. The minimum absolute atomic E-state index is 0.214. The molecule has 3 saturated heterocycles. The van der Waals surface area contributed by atoms with E-state index in [0.717, 1.165) is 0 Å². The number of rotatable bonds is 2. The number of carbonyl (C=O) groups excluding carboxylic acids is 2. The first-order chi connectivity index (χ1) is 9.97. The maximum atomic E-state index is 12.3. The summed E-state index contributed by atoms with van der Waals surface area (Å²) < 4.78 is 0. The molecular weight excluding hydrogens is 280 g/mol. The first-order valence-corrected chi connectivity index (χ1v) is 7.04. The molecule has 21 heavy (non-hydrogen) atoms. The van der Waals surface area contributed by atoms with Gasteiger partial charge in [-0.25, -0.2) is 14.7 Å². The van der Waals surface area contributed by atoms with E-state index in [9.17, 15) is 19.6 Å². The number of urea groups is 1. The Morgan fingerprint density at radius 2 is 1.95 bits per heavy atom. The first-order valence-electron chi connectivity index (χ1n) is 7.04. The number of amides is 4. The second-order valence-electron chi connectivity index (χ2n) is 5.75. The molecule has 3 aliphatic rings. The van der Waals surface area contributed by atoms with Crippen LogP contribution in [-0.4, -0.2) is 81.0 Å². The summed E-state index contributed by atoms with van der Waals surface area (Å²) in [5.41, 5.74) is 0. The molecule has 3 N–H and O–H groups in total. The summed E-state index contributed by atoms with van der Waals surface area (Å²) >= 11 is 0. The second-order valence-corrected chi connectivity index (χ2v) is 5.75. The molecule has 3 atom stereocenters. The van der Waals surface area contributed by atoms with Crippen LogP contribution in [0.4, 0.5) is 9.59 Å².